The maximum absolute atomic E-state index is 12.6. The van der Waals surface area contributed by atoms with Gasteiger partial charge >= 0.3 is 0 Å². The minimum Gasteiger partial charge on any atom is -0.383 e. The van der Waals surface area contributed by atoms with Crippen LogP contribution in [0.3, 0.4) is 0 Å². The lowest BCUT2D eigenvalue weighted by molar-refractivity contribution is -0.384. The van der Waals surface area contributed by atoms with Crippen molar-refractivity contribution in [2.24, 2.45) is 0 Å². The molecular weight excluding hydrogens is 294 g/mol. The number of hydrogen-bond acceptors (Lipinski definition) is 5. The number of benzene rings is 1. The van der Waals surface area contributed by atoms with Crippen LogP contribution in [0, 0.1) is 10.1 Å². The first kappa shape index (κ1) is 17.4. The zero-order valence-electron chi connectivity index (χ0n) is 12.7. The van der Waals surface area contributed by atoms with Gasteiger partial charge in [0, 0.05) is 25.7 Å². The summed E-state index contributed by atoms with van der Waals surface area (Å²) in [7, 11) is -2.15. The van der Waals surface area contributed by atoms with Crippen LogP contribution >= 0.6 is 0 Å². The summed E-state index contributed by atoms with van der Waals surface area (Å²) in [5.41, 5.74) is 0.0318. The van der Waals surface area contributed by atoms with Gasteiger partial charge in [-0.05, 0) is 25.5 Å². The highest BCUT2D eigenvalue weighted by molar-refractivity contribution is 7.89. The third-order valence-electron chi connectivity index (χ3n) is 3.43. The van der Waals surface area contributed by atoms with Gasteiger partial charge in [-0.3, -0.25) is 10.1 Å². The van der Waals surface area contributed by atoms with Gasteiger partial charge in [0.05, 0.1) is 9.82 Å². The van der Waals surface area contributed by atoms with E-state index in [1.54, 1.807) is 6.92 Å². The predicted molar refractivity (Wildman–Crippen MR) is 82.0 cm³/mol. The molecule has 0 aliphatic carbocycles. The minimum absolute atomic E-state index is 0.0552. The van der Waals surface area contributed by atoms with E-state index in [9.17, 15) is 18.5 Å². The van der Waals surface area contributed by atoms with Crippen LogP contribution in [0.2, 0.25) is 0 Å². The second-order valence-corrected chi connectivity index (χ2v) is 6.54. The first-order chi connectivity index (χ1) is 9.79. The van der Waals surface area contributed by atoms with Crippen molar-refractivity contribution in [3.63, 3.8) is 0 Å². The molecule has 0 aromatic heterocycles. The predicted octanol–water partition coefficient (Wildman–Crippen LogP) is 2.45. The largest absolute Gasteiger partial charge is 0.383 e. The normalized spacial score (nSPS) is 13.2. The molecule has 0 heterocycles. The number of hydrogen-bond donors (Lipinski definition) is 1. The molecule has 0 saturated heterocycles. The van der Waals surface area contributed by atoms with Crippen molar-refractivity contribution < 1.29 is 13.3 Å². The fourth-order valence-electron chi connectivity index (χ4n) is 2.09. The Morgan fingerprint density at radius 3 is 2.43 bits per heavy atom. The van der Waals surface area contributed by atoms with Crippen LogP contribution < -0.4 is 5.32 Å². The van der Waals surface area contributed by atoms with Crippen LogP contribution in [0.4, 0.5) is 11.4 Å². The molecule has 0 saturated carbocycles. The minimum atomic E-state index is -3.67. The van der Waals surface area contributed by atoms with Crippen LogP contribution in [0.25, 0.3) is 0 Å². The highest BCUT2D eigenvalue weighted by atomic mass is 32.2. The summed E-state index contributed by atoms with van der Waals surface area (Å²) in [6, 6.07) is 3.66. The Balaban J connectivity index is 3.35. The van der Waals surface area contributed by atoms with Crippen molar-refractivity contribution in [2.75, 3.05) is 18.9 Å². The van der Waals surface area contributed by atoms with E-state index in [2.05, 4.69) is 5.32 Å². The Labute approximate surface area is 125 Å². The molecule has 0 bridgehead atoms. The van der Waals surface area contributed by atoms with E-state index in [4.69, 9.17) is 0 Å². The van der Waals surface area contributed by atoms with Gasteiger partial charge in [0.15, 0.2) is 0 Å². The molecule has 1 atom stereocenters. The van der Waals surface area contributed by atoms with E-state index in [0.29, 0.717) is 13.0 Å². The van der Waals surface area contributed by atoms with Crippen LogP contribution in [0.15, 0.2) is 23.1 Å². The summed E-state index contributed by atoms with van der Waals surface area (Å²) in [5, 5.41) is 13.6. The number of nitrogens with zero attached hydrogens (tertiary/aromatic N) is 2. The van der Waals surface area contributed by atoms with Gasteiger partial charge in [-0.15, -0.1) is 0 Å². The molecule has 1 unspecified atom stereocenters. The van der Waals surface area contributed by atoms with E-state index < -0.39 is 14.9 Å². The van der Waals surface area contributed by atoms with E-state index >= 15 is 0 Å². The number of anilines is 1. The zero-order chi connectivity index (χ0) is 16.2. The van der Waals surface area contributed by atoms with Crippen LogP contribution in [0.5, 0.6) is 0 Å². The molecule has 118 valence electrons. The standard InChI is InChI=1S/C13H21N3O4S/c1-5-10(3)15(6-2)21(19,20)11-7-8-13(16(17)18)12(9-11)14-4/h7-10,14H,5-6H2,1-4H3. The van der Waals surface area contributed by atoms with Gasteiger partial charge < -0.3 is 5.32 Å². The molecule has 1 aromatic rings. The quantitative estimate of drug-likeness (QED) is 0.616. The first-order valence-corrected chi connectivity index (χ1v) is 8.21. The van der Waals surface area contributed by atoms with Crippen molar-refractivity contribution in [3.05, 3.63) is 28.3 Å². The van der Waals surface area contributed by atoms with Crippen molar-refractivity contribution in [1.29, 1.82) is 0 Å². The van der Waals surface area contributed by atoms with Gasteiger partial charge in [0.25, 0.3) is 5.69 Å². The summed E-state index contributed by atoms with van der Waals surface area (Å²) >= 11 is 0. The number of rotatable bonds is 7. The molecule has 1 aromatic carbocycles. The average molecular weight is 315 g/mol. The molecule has 0 amide bonds. The average Bonchev–Trinajstić information content (AvgIpc) is 2.46. The molecule has 1 N–H and O–H groups in total. The lowest BCUT2D eigenvalue weighted by atomic mass is 10.2. The molecule has 7 nitrogen and oxygen atoms in total. The van der Waals surface area contributed by atoms with Gasteiger partial charge in [0.1, 0.15) is 5.69 Å². The monoisotopic (exact) mass is 315 g/mol. The molecule has 1 rings (SSSR count). The number of sulfonamides is 1. The maximum Gasteiger partial charge on any atom is 0.292 e. The van der Waals surface area contributed by atoms with Crippen LogP contribution in [-0.2, 0) is 10.0 Å². The Kier molecular flexibility index (Phi) is 5.68. The Morgan fingerprint density at radius 2 is 2.00 bits per heavy atom. The molecule has 21 heavy (non-hydrogen) atoms. The zero-order valence-corrected chi connectivity index (χ0v) is 13.5. The molecule has 0 aliphatic heterocycles. The Hall–Kier alpha value is -1.67. The first-order valence-electron chi connectivity index (χ1n) is 6.77. The van der Waals surface area contributed by atoms with E-state index in [0.717, 1.165) is 0 Å². The summed E-state index contributed by atoms with van der Waals surface area (Å²) in [6.45, 7) is 5.88. The molecule has 0 fully saturated rings. The Bertz CT molecular complexity index is 616. The smallest absolute Gasteiger partial charge is 0.292 e. The fourth-order valence-corrected chi connectivity index (χ4v) is 3.83. The topological polar surface area (TPSA) is 92.5 Å². The van der Waals surface area contributed by atoms with Crippen molar-refractivity contribution in [3.8, 4) is 0 Å². The van der Waals surface area contributed by atoms with Crippen molar-refractivity contribution >= 4 is 21.4 Å². The van der Waals surface area contributed by atoms with Crippen LogP contribution in [-0.4, -0.2) is 37.3 Å². The van der Waals surface area contributed by atoms with E-state index in [-0.39, 0.29) is 22.3 Å². The van der Waals surface area contributed by atoms with Gasteiger partial charge in [-0.2, -0.15) is 4.31 Å². The van der Waals surface area contributed by atoms with Crippen molar-refractivity contribution in [2.45, 2.75) is 38.1 Å². The summed E-state index contributed by atoms with van der Waals surface area (Å²) in [4.78, 5) is 10.4. The Morgan fingerprint density at radius 1 is 1.38 bits per heavy atom. The second kappa shape index (κ2) is 6.86. The maximum atomic E-state index is 12.6. The van der Waals surface area contributed by atoms with Crippen LogP contribution in [0.1, 0.15) is 27.2 Å². The summed E-state index contributed by atoms with van der Waals surface area (Å²) in [5.74, 6) is 0. The number of nitro benzene ring substituents is 1. The van der Waals surface area contributed by atoms with Gasteiger partial charge in [0.2, 0.25) is 10.0 Å². The second-order valence-electron chi connectivity index (χ2n) is 4.65. The summed E-state index contributed by atoms with van der Waals surface area (Å²) in [6.07, 6.45) is 0.693. The van der Waals surface area contributed by atoms with E-state index in [1.165, 1.54) is 29.6 Å². The lowest BCUT2D eigenvalue weighted by Gasteiger charge is -2.26. The molecule has 0 aliphatic rings. The van der Waals surface area contributed by atoms with Gasteiger partial charge in [-0.25, -0.2) is 8.42 Å². The molecule has 0 radical (unpaired) electrons. The molecular formula is C13H21N3O4S. The highest BCUT2D eigenvalue weighted by Gasteiger charge is 2.28. The van der Waals surface area contributed by atoms with Gasteiger partial charge in [-0.1, -0.05) is 13.8 Å². The molecule has 0 spiro atoms. The van der Waals surface area contributed by atoms with Crippen molar-refractivity contribution in [1.82, 2.24) is 4.31 Å². The number of nitrogens with one attached hydrogen (secondary N) is 1. The fraction of sp³-hybridized carbons (Fsp3) is 0.538. The van der Waals surface area contributed by atoms with E-state index in [1.807, 2.05) is 13.8 Å². The SMILES string of the molecule is CCC(C)N(CC)S(=O)(=O)c1ccc([N+](=O)[O-])c(NC)c1. The summed E-state index contributed by atoms with van der Waals surface area (Å²) < 4.78 is 26.7. The molecule has 8 heteroatoms. The third-order valence-corrected chi connectivity index (χ3v) is 5.52. The lowest BCUT2D eigenvalue weighted by Crippen LogP contribution is -2.38. The number of nitro groups is 1. The third kappa shape index (κ3) is 3.51. The highest BCUT2D eigenvalue weighted by Crippen LogP contribution is 2.29.